The summed E-state index contributed by atoms with van der Waals surface area (Å²) in [5, 5.41) is 2.83. The maximum absolute atomic E-state index is 12.2. The molecule has 1 aromatic carbocycles. The number of furan rings is 1. The van der Waals surface area contributed by atoms with E-state index in [1.807, 2.05) is 31.3 Å². The van der Waals surface area contributed by atoms with Crippen LogP contribution in [-0.2, 0) is 20.0 Å². The van der Waals surface area contributed by atoms with E-state index in [0.29, 0.717) is 12.1 Å². The lowest BCUT2D eigenvalue weighted by Crippen LogP contribution is -2.22. The molecule has 0 aliphatic rings. The molecule has 1 N–H and O–H groups in total. The summed E-state index contributed by atoms with van der Waals surface area (Å²) in [7, 11) is 1.99. The maximum Gasteiger partial charge on any atom is 0.251 e. The highest BCUT2D eigenvalue weighted by Gasteiger charge is 2.11. The Bertz CT molecular complexity index is 772. The SMILES string of the molecule is CCc1nc2cc(C(=O)NCc3ccco3)ccc2n1C. The van der Waals surface area contributed by atoms with Gasteiger partial charge in [-0.15, -0.1) is 0 Å². The second-order valence-corrected chi connectivity index (χ2v) is 4.91. The molecule has 0 radical (unpaired) electrons. The number of hydrogen-bond acceptors (Lipinski definition) is 3. The topological polar surface area (TPSA) is 60.1 Å². The lowest BCUT2D eigenvalue weighted by molar-refractivity contribution is 0.0948. The van der Waals surface area contributed by atoms with Gasteiger partial charge in [0, 0.05) is 19.0 Å². The van der Waals surface area contributed by atoms with Crippen LogP contribution in [0, 0.1) is 0 Å². The molecule has 0 aliphatic heterocycles. The average Bonchev–Trinajstić information content (AvgIpc) is 3.12. The first-order valence-electron chi connectivity index (χ1n) is 6.95. The van der Waals surface area contributed by atoms with Crippen molar-refractivity contribution in [2.75, 3.05) is 0 Å². The highest BCUT2D eigenvalue weighted by atomic mass is 16.3. The summed E-state index contributed by atoms with van der Waals surface area (Å²) in [5.41, 5.74) is 2.49. The van der Waals surface area contributed by atoms with Crippen LogP contribution in [0.2, 0.25) is 0 Å². The fourth-order valence-electron chi connectivity index (χ4n) is 2.39. The number of imidazole rings is 1. The Kier molecular flexibility index (Phi) is 3.48. The Labute approximate surface area is 122 Å². The van der Waals surface area contributed by atoms with E-state index in [2.05, 4.69) is 21.8 Å². The van der Waals surface area contributed by atoms with Gasteiger partial charge in [-0.1, -0.05) is 6.92 Å². The van der Waals surface area contributed by atoms with Crippen molar-refractivity contribution in [2.24, 2.45) is 7.05 Å². The summed E-state index contributed by atoms with van der Waals surface area (Å²) >= 11 is 0. The van der Waals surface area contributed by atoms with E-state index in [4.69, 9.17) is 4.42 Å². The molecule has 108 valence electrons. The van der Waals surface area contributed by atoms with Crippen LogP contribution in [0.25, 0.3) is 11.0 Å². The second-order valence-electron chi connectivity index (χ2n) is 4.91. The fourth-order valence-corrected chi connectivity index (χ4v) is 2.39. The smallest absolute Gasteiger partial charge is 0.251 e. The van der Waals surface area contributed by atoms with Crippen LogP contribution in [0.5, 0.6) is 0 Å². The summed E-state index contributed by atoms with van der Waals surface area (Å²) in [5.74, 6) is 1.62. The first-order chi connectivity index (χ1) is 10.2. The number of fused-ring (bicyclic) bond motifs is 1. The normalized spacial score (nSPS) is 11.0. The minimum atomic E-state index is -0.128. The van der Waals surface area contributed by atoms with Crippen molar-refractivity contribution < 1.29 is 9.21 Å². The molecule has 0 spiro atoms. The van der Waals surface area contributed by atoms with Crippen molar-refractivity contribution >= 4 is 16.9 Å². The second kappa shape index (κ2) is 5.44. The van der Waals surface area contributed by atoms with Crippen LogP contribution in [0.15, 0.2) is 41.0 Å². The Hall–Kier alpha value is -2.56. The van der Waals surface area contributed by atoms with E-state index >= 15 is 0 Å². The molecule has 0 unspecified atom stereocenters. The van der Waals surface area contributed by atoms with Crippen LogP contribution in [0.1, 0.15) is 28.9 Å². The van der Waals surface area contributed by atoms with Gasteiger partial charge in [0.1, 0.15) is 11.6 Å². The lowest BCUT2D eigenvalue weighted by atomic mass is 10.2. The number of rotatable bonds is 4. The molecule has 3 rings (SSSR count). The van der Waals surface area contributed by atoms with Crippen LogP contribution in [0.3, 0.4) is 0 Å². The van der Waals surface area contributed by atoms with E-state index < -0.39 is 0 Å². The largest absolute Gasteiger partial charge is 0.467 e. The molecule has 0 saturated carbocycles. The van der Waals surface area contributed by atoms with Crippen LogP contribution >= 0.6 is 0 Å². The predicted molar refractivity (Wildman–Crippen MR) is 80.0 cm³/mol. The maximum atomic E-state index is 12.2. The number of nitrogens with one attached hydrogen (secondary N) is 1. The first-order valence-corrected chi connectivity index (χ1v) is 6.95. The van der Waals surface area contributed by atoms with Crippen molar-refractivity contribution in [3.8, 4) is 0 Å². The molecule has 3 aromatic rings. The molecule has 0 saturated heterocycles. The molecule has 1 amide bonds. The van der Waals surface area contributed by atoms with E-state index in [9.17, 15) is 4.79 Å². The highest BCUT2D eigenvalue weighted by molar-refractivity contribution is 5.97. The molecular weight excluding hydrogens is 266 g/mol. The number of amides is 1. The molecule has 5 nitrogen and oxygen atoms in total. The van der Waals surface area contributed by atoms with E-state index in [0.717, 1.165) is 29.0 Å². The molecule has 0 fully saturated rings. The molecule has 0 atom stereocenters. The van der Waals surface area contributed by atoms with Gasteiger partial charge in [-0.3, -0.25) is 4.79 Å². The molecule has 21 heavy (non-hydrogen) atoms. The number of carbonyl (C=O) groups excluding carboxylic acids is 1. The van der Waals surface area contributed by atoms with Crippen LogP contribution in [-0.4, -0.2) is 15.5 Å². The number of benzene rings is 1. The van der Waals surface area contributed by atoms with E-state index in [1.165, 1.54) is 0 Å². The Morgan fingerprint density at radius 3 is 2.95 bits per heavy atom. The Morgan fingerprint density at radius 2 is 2.24 bits per heavy atom. The minimum absolute atomic E-state index is 0.128. The lowest BCUT2D eigenvalue weighted by Gasteiger charge is -2.03. The zero-order chi connectivity index (χ0) is 14.8. The molecule has 2 heterocycles. The zero-order valence-corrected chi connectivity index (χ0v) is 12.1. The van der Waals surface area contributed by atoms with Crippen molar-refractivity contribution in [3.05, 3.63) is 53.7 Å². The number of aryl methyl sites for hydroxylation is 2. The standard InChI is InChI=1S/C16H17N3O2/c1-3-15-18-13-9-11(6-7-14(13)19(15)2)16(20)17-10-12-5-4-8-21-12/h4-9H,3,10H2,1-2H3,(H,17,20). The van der Waals surface area contributed by atoms with Gasteiger partial charge in [0.15, 0.2) is 0 Å². The van der Waals surface area contributed by atoms with Gasteiger partial charge in [0.2, 0.25) is 0 Å². The summed E-state index contributed by atoms with van der Waals surface area (Å²) in [6.07, 6.45) is 2.46. The van der Waals surface area contributed by atoms with Crippen molar-refractivity contribution in [2.45, 2.75) is 19.9 Å². The Morgan fingerprint density at radius 1 is 1.38 bits per heavy atom. The summed E-state index contributed by atoms with van der Waals surface area (Å²) in [6.45, 7) is 2.45. The van der Waals surface area contributed by atoms with Gasteiger partial charge in [0.25, 0.3) is 5.91 Å². The molecule has 0 bridgehead atoms. The third-order valence-electron chi connectivity index (χ3n) is 3.56. The zero-order valence-electron chi connectivity index (χ0n) is 12.1. The molecule has 5 heteroatoms. The molecule has 2 aromatic heterocycles. The number of carbonyl (C=O) groups is 1. The monoisotopic (exact) mass is 283 g/mol. The van der Waals surface area contributed by atoms with Crippen molar-refractivity contribution in [3.63, 3.8) is 0 Å². The van der Waals surface area contributed by atoms with Crippen LogP contribution in [0.4, 0.5) is 0 Å². The third kappa shape index (κ3) is 2.54. The van der Waals surface area contributed by atoms with Crippen molar-refractivity contribution in [1.82, 2.24) is 14.9 Å². The third-order valence-corrected chi connectivity index (χ3v) is 3.56. The summed E-state index contributed by atoms with van der Waals surface area (Å²) < 4.78 is 7.25. The molecule has 0 aliphatic carbocycles. The van der Waals surface area contributed by atoms with E-state index in [-0.39, 0.29) is 5.91 Å². The Balaban J connectivity index is 1.81. The summed E-state index contributed by atoms with van der Waals surface area (Å²) in [4.78, 5) is 16.7. The predicted octanol–water partition coefficient (Wildman–Crippen LogP) is 2.66. The number of nitrogens with zero attached hydrogens (tertiary/aromatic N) is 2. The quantitative estimate of drug-likeness (QED) is 0.800. The van der Waals surface area contributed by atoms with Gasteiger partial charge in [0.05, 0.1) is 23.8 Å². The molecular formula is C16H17N3O2. The van der Waals surface area contributed by atoms with Gasteiger partial charge in [-0.2, -0.15) is 0 Å². The van der Waals surface area contributed by atoms with Gasteiger partial charge in [-0.25, -0.2) is 4.98 Å². The van der Waals surface area contributed by atoms with Gasteiger partial charge < -0.3 is 14.3 Å². The number of aromatic nitrogens is 2. The van der Waals surface area contributed by atoms with Gasteiger partial charge in [-0.05, 0) is 30.3 Å². The van der Waals surface area contributed by atoms with Crippen LogP contribution < -0.4 is 5.32 Å². The average molecular weight is 283 g/mol. The fraction of sp³-hybridized carbons (Fsp3) is 0.250. The summed E-state index contributed by atoms with van der Waals surface area (Å²) in [6, 6.07) is 9.21. The highest BCUT2D eigenvalue weighted by Crippen LogP contribution is 2.17. The van der Waals surface area contributed by atoms with Gasteiger partial charge >= 0.3 is 0 Å². The first kappa shape index (κ1) is 13.4. The number of hydrogen-bond donors (Lipinski definition) is 1. The van der Waals surface area contributed by atoms with Crippen molar-refractivity contribution in [1.29, 1.82) is 0 Å². The van der Waals surface area contributed by atoms with E-state index in [1.54, 1.807) is 12.3 Å². The minimum Gasteiger partial charge on any atom is -0.467 e.